The van der Waals surface area contributed by atoms with Gasteiger partial charge in [0.1, 0.15) is 33.8 Å². The highest BCUT2D eigenvalue weighted by Crippen LogP contribution is 2.23. The van der Waals surface area contributed by atoms with Gasteiger partial charge in [-0.25, -0.2) is 14.2 Å². The van der Waals surface area contributed by atoms with Gasteiger partial charge in [0.15, 0.2) is 0 Å². The van der Waals surface area contributed by atoms with Crippen molar-refractivity contribution in [3.05, 3.63) is 75.5 Å². The lowest BCUT2D eigenvalue weighted by Crippen LogP contribution is -2.08. The predicted octanol–water partition coefficient (Wildman–Crippen LogP) is 4.70. The van der Waals surface area contributed by atoms with Crippen molar-refractivity contribution in [1.82, 2.24) is 4.98 Å². The summed E-state index contributed by atoms with van der Waals surface area (Å²) in [5.41, 5.74) is 1.72. The normalized spacial score (nSPS) is 10.5. The van der Waals surface area contributed by atoms with Crippen LogP contribution in [-0.2, 0) is 6.61 Å². The molecule has 0 aliphatic carbocycles. The molecule has 3 rings (SSSR count). The average Bonchev–Trinajstić information content (AvgIpc) is 2.95. The van der Waals surface area contributed by atoms with E-state index in [4.69, 9.17) is 9.47 Å². The Morgan fingerprint density at radius 1 is 1.12 bits per heavy atom. The van der Waals surface area contributed by atoms with E-state index in [1.165, 1.54) is 29.5 Å². The van der Waals surface area contributed by atoms with Gasteiger partial charge in [0, 0.05) is 6.07 Å². The van der Waals surface area contributed by atoms with Crippen LogP contribution in [0.25, 0.3) is 0 Å². The summed E-state index contributed by atoms with van der Waals surface area (Å²) >= 11 is 1.21. The monoisotopic (exact) mass is 357 g/mol. The fraction of sp³-hybridized carbons (Fsp3) is 0.158. The minimum atomic E-state index is -0.554. The number of nitrogens with zero attached hydrogens (tertiary/aromatic N) is 1. The van der Waals surface area contributed by atoms with Gasteiger partial charge in [0.05, 0.1) is 5.69 Å². The van der Waals surface area contributed by atoms with Crippen LogP contribution in [-0.4, -0.2) is 11.0 Å². The average molecular weight is 357 g/mol. The van der Waals surface area contributed by atoms with E-state index < -0.39 is 11.8 Å². The number of thiazole rings is 1. The largest absolute Gasteiger partial charge is 0.486 e. The Balaban J connectivity index is 1.67. The number of benzene rings is 2. The van der Waals surface area contributed by atoms with Crippen molar-refractivity contribution in [3.63, 3.8) is 0 Å². The maximum absolute atomic E-state index is 13.2. The van der Waals surface area contributed by atoms with Gasteiger partial charge in [-0.05, 0) is 38.1 Å². The summed E-state index contributed by atoms with van der Waals surface area (Å²) in [6.45, 7) is 4.00. The lowest BCUT2D eigenvalue weighted by atomic mass is 10.2. The molecule has 0 unspecified atom stereocenters. The van der Waals surface area contributed by atoms with Gasteiger partial charge in [-0.3, -0.25) is 0 Å². The molecule has 128 valence electrons. The first kappa shape index (κ1) is 17.1. The Kier molecular flexibility index (Phi) is 5.09. The fourth-order valence-electron chi connectivity index (χ4n) is 2.17. The molecule has 0 atom stereocenters. The predicted molar refractivity (Wildman–Crippen MR) is 93.7 cm³/mol. The highest BCUT2D eigenvalue weighted by molar-refractivity contribution is 7.13. The second-order valence-corrected chi connectivity index (χ2v) is 6.55. The van der Waals surface area contributed by atoms with E-state index >= 15 is 0 Å². The molecule has 0 aliphatic heterocycles. The number of halogens is 1. The van der Waals surface area contributed by atoms with Crippen LogP contribution in [0.4, 0.5) is 4.39 Å². The van der Waals surface area contributed by atoms with E-state index in [-0.39, 0.29) is 12.4 Å². The standard InChI is InChI=1S/C19H16FNO3S/c1-12-6-8-15(9-7-12)23-11-17-21-13(2)18(25-17)19(22)24-16-5-3-4-14(20)10-16/h3-10H,11H2,1-2H3. The molecule has 0 N–H and O–H groups in total. The van der Waals surface area contributed by atoms with Crippen LogP contribution in [0.3, 0.4) is 0 Å². The molecule has 0 fully saturated rings. The molecule has 0 bridgehead atoms. The second-order valence-electron chi connectivity index (χ2n) is 5.47. The SMILES string of the molecule is Cc1ccc(OCc2nc(C)c(C(=O)Oc3cccc(F)c3)s2)cc1. The van der Waals surface area contributed by atoms with Crippen molar-refractivity contribution < 1.29 is 18.7 Å². The number of rotatable bonds is 5. The van der Waals surface area contributed by atoms with Crippen molar-refractivity contribution in [3.8, 4) is 11.5 Å². The molecule has 4 nitrogen and oxygen atoms in total. The Morgan fingerprint density at radius 3 is 2.60 bits per heavy atom. The molecule has 6 heteroatoms. The van der Waals surface area contributed by atoms with E-state index in [1.807, 2.05) is 31.2 Å². The Labute approximate surface area is 148 Å². The Hall–Kier alpha value is -2.73. The summed E-state index contributed by atoms with van der Waals surface area (Å²) < 4.78 is 24.0. The number of carbonyl (C=O) groups excluding carboxylic acids is 1. The maximum Gasteiger partial charge on any atom is 0.355 e. The summed E-state index contributed by atoms with van der Waals surface area (Å²) in [4.78, 5) is 17.0. The molecule has 3 aromatic rings. The smallest absolute Gasteiger partial charge is 0.355 e. The Bertz CT molecular complexity index is 890. The number of hydrogen-bond donors (Lipinski definition) is 0. The summed E-state index contributed by atoms with van der Waals surface area (Å²) in [7, 11) is 0. The fourth-order valence-corrected chi connectivity index (χ4v) is 3.02. The number of carbonyl (C=O) groups is 1. The molecule has 1 aromatic heterocycles. The van der Waals surface area contributed by atoms with Crippen LogP contribution in [0.5, 0.6) is 11.5 Å². The maximum atomic E-state index is 13.2. The Morgan fingerprint density at radius 2 is 1.88 bits per heavy atom. The molecule has 25 heavy (non-hydrogen) atoms. The zero-order valence-corrected chi connectivity index (χ0v) is 14.6. The highest BCUT2D eigenvalue weighted by Gasteiger charge is 2.18. The van der Waals surface area contributed by atoms with E-state index in [9.17, 15) is 9.18 Å². The zero-order valence-electron chi connectivity index (χ0n) is 13.8. The van der Waals surface area contributed by atoms with Crippen LogP contribution < -0.4 is 9.47 Å². The van der Waals surface area contributed by atoms with Gasteiger partial charge < -0.3 is 9.47 Å². The highest BCUT2D eigenvalue weighted by atomic mass is 32.1. The van der Waals surface area contributed by atoms with Gasteiger partial charge in [-0.2, -0.15) is 0 Å². The summed E-state index contributed by atoms with van der Waals surface area (Å²) in [5, 5.41) is 0.671. The zero-order chi connectivity index (χ0) is 17.8. The van der Waals surface area contributed by atoms with Crippen LogP contribution >= 0.6 is 11.3 Å². The molecule has 1 heterocycles. The van der Waals surface area contributed by atoms with Crippen molar-refractivity contribution in [1.29, 1.82) is 0 Å². The first-order valence-electron chi connectivity index (χ1n) is 7.65. The van der Waals surface area contributed by atoms with Gasteiger partial charge >= 0.3 is 5.97 Å². The van der Waals surface area contributed by atoms with Gasteiger partial charge in [0.2, 0.25) is 0 Å². The number of aromatic nitrogens is 1. The second kappa shape index (κ2) is 7.44. The van der Waals surface area contributed by atoms with Gasteiger partial charge in [0.25, 0.3) is 0 Å². The van der Waals surface area contributed by atoms with Crippen molar-refractivity contribution >= 4 is 17.3 Å². The third-order valence-corrected chi connectivity index (χ3v) is 4.53. The van der Waals surface area contributed by atoms with Gasteiger partial charge in [-0.15, -0.1) is 11.3 Å². The lowest BCUT2D eigenvalue weighted by molar-refractivity contribution is 0.0738. The first-order valence-corrected chi connectivity index (χ1v) is 8.46. The number of hydrogen-bond acceptors (Lipinski definition) is 5. The molecular weight excluding hydrogens is 341 g/mol. The van der Waals surface area contributed by atoms with E-state index in [2.05, 4.69) is 4.98 Å². The summed E-state index contributed by atoms with van der Waals surface area (Å²) in [5.74, 6) is -0.113. The molecule has 0 saturated heterocycles. The van der Waals surface area contributed by atoms with Crippen LogP contribution in [0.2, 0.25) is 0 Å². The molecular formula is C19H16FNO3S. The topological polar surface area (TPSA) is 48.4 Å². The summed E-state index contributed by atoms with van der Waals surface area (Å²) in [6.07, 6.45) is 0. The molecule has 0 aliphatic rings. The third-order valence-electron chi connectivity index (χ3n) is 3.42. The minimum absolute atomic E-state index is 0.162. The quantitative estimate of drug-likeness (QED) is 0.491. The van der Waals surface area contributed by atoms with Crippen LogP contribution in [0, 0.1) is 19.7 Å². The van der Waals surface area contributed by atoms with E-state index in [0.717, 1.165) is 17.4 Å². The van der Waals surface area contributed by atoms with E-state index in [0.29, 0.717) is 15.6 Å². The number of aryl methyl sites for hydroxylation is 2. The minimum Gasteiger partial charge on any atom is -0.486 e. The van der Waals surface area contributed by atoms with Crippen molar-refractivity contribution in [2.45, 2.75) is 20.5 Å². The first-order chi connectivity index (χ1) is 12.0. The molecule has 0 radical (unpaired) electrons. The van der Waals surface area contributed by atoms with Crippen molar-refractivity contribution in [2.24, 2.45) is 0 Å². The molecule has 0 saturated carbocycles. The van der Waals surface area contributed by atoms with Gasteiger partial charge in [-0.1, -0.05) is 23.8 Å². The molecule has 0 spiro atoms. The lowest BCUT2D eigenvalue weighted by Gasteiger charge is -2.04. The molecule has 2 aromatic carbocycles. The van der Waals surface area contributed by atoms with Crippen molar-refractivity contribution in [2.75, 3.05) is 0 Å². The molecule has 0 amide bonds. The van der Waals surface area contributed by atoms with Crippen LogP contribution in [0.15, 0.2) is 48.5 Å². The van der Waals surface area contributed by atoms with Crippen LogP contribution in [0.1, 0.15) is 25.9 Å². The number of esters is 1. The third kappa shape index (κ3) is 4.42. The summed E-state index contributed by atoms with van der Waals surface area (Å²) in [6, 6.07) is 13.2. The number of ether oxygens (including phenoxy) is 2. The van der Waals surface area contributed by atoms with E-state index in [1.54, 1.807) is 6.92 Å².